The highest BCUT2D eigenvalue weighted by molar-refractivity contribution is 7.90. The van der Waals surface area contributed by atoms with Crippen LogP contribution in [0.3, 0.4) is 0 Å². The second kappa shape index (κ2) is 4.08. The summed E-state index contributed by atoms with van der Waals surface area (Å²) in [7, 11) is -3.41. The molecule has 0 unspecified atom stereocenters. The molecule has 0 radical (unpaired) electrons. The third kappa shape index (κ3) is 2.02. The van der Waals surface area contributed by atoms with Gasteiger partial charge in [0.25, 0.3) is 5.16 Å². The lowest BCUT2D eigenvalue weighted by Gasteiger charge is -1.93. The van der Waals surface area contributed by atoms with Crippen LogP contribution in [-0.4, -0.2) is 29.9 Å². The molecule has 0 aliphatic rings. The van der Waals surface area contributed by atoms with Gasteiger partial charge in [-0.1, -0.05) is 6.07 Å². The van der Waals surface area contributed by atoms with E-state index in [0.717, 1.165) is 16.0 Å². The first-order valence-corrected chi connectivity index (χ1v) is 8.51. The molecule has 0 fully saturated rings. The lowest BCUT2D eigenvalue weighted by Crippen LogP contribution is -2.04. The van der Waals surface area contributed by atoms with Crippen molar-refractivity contribution in [3.05, 3.63) is 23.6 Å². The minimum absolute atomic E-state index is 0.227. The molecule has 0 aliphatic carbocycles. The Morgan fingerprint density at radius 3 is 2.72 bits per heavy atom. The molecule has 0 N–H and O–H groups in total. The first-order chi connectivity index (χ1) is 8.54. The molecule has 8 heteroatoms. The Balaban J connectivity index is 2.19. The Morgan fingerprint density at radius 2 is 2.06 bits per heavy atom. The van der Waals surface area contributed by atoms with E-state index in [1.165, 1.54) is 11.3 Å². The van der Waals surface area contributed by atoms with Gasteiger partial charge in [-0.25, -0.2) is 13.4 Å². The molecule has 92 valence electrons. The molecule has 18 heavy (non-hydrogen) atoms. The van der Waals surface area contributed by atoms with Gasteiger partial charge in [-0.2, -0.15) is 0 Å². The van der Waals surface area contributed by atoms with E-state index in [2.05, 4.69) is 15.2 Å². The number of hydrogen-bond acceptors (Lipinski definition) is 7. The van der Waals surface area contributed by atoms with Crippen LogP contribution in [0.2, 0.25) is 0 Å². The zero-order valence-electron chi connectivity index (χ0n) is 9.19. The highest BCUT2D eigenvalue weighted by Crippen LogP contribution is 2.34. The van der Waals surface area contributed by atoms with E-state index in [4.69, 9.17) is 0 Å². The van der Waals surface area contributed by atoms with Crippen molar-refractivity contribution in [2.45, 2.75) is 5.16 Å². The monoisotopic (exact) mass is 297 g/mol. The Morgan fingerprint density at radius 1 is 1.22 bits per heavy atom. The number of rotatable bonds is 2. The fourth-order valence-electron chi connectivity index (χ4n) is 1.43. The smallest absolute Gasteiger partial charge is 0.221 e. The third-order valence-corrected chi connectivity index (χ3v) is 5.15. The summed E-state index contributed by atoms with van der Waals surface area (Å²) in [4.78, 5) is 6.76. The van der Waals surface area contributed by atoms with Gasteiger partial charge < -0.3 is 0 Å². The molecule has 3 heterocycles. The topological polar surface area (TPSA) is 72.8 Å². The SMILES string of the molecule is CS(=O)(=O)c1nnc2cc(-c3cccs3)sc2n1. The van der Waals surface area contributed by atoms with Crippen molar-refractivity contribution in [1.29, 1.82) is 0 Å². The van der Waals surface area contributed by atoms with E-state index in [1.807, 2.05) is 23.6 Å². The number of hydrogen-bond donors (Lipinski definition) is 0. The maximum Gasteiger partial charge on any atom is 0.268 e. The summed E-state index contributed by atoms with van der Waals surface area (Å²) in [5, 5.41) is 9.29. The van der Waals surface area contributed by atoms with Crippen molar-refractivity contribution >= 4 is 42.9 Å². The standard InChI is InChI=1S/C10H7N3O2S3/c1-18(14,15)10-11-9-6(12-13-10)5-8(17-9)7-3-2-4-16-7/h2-5H,1H3. The quantitative estimate of drug-likeness (QED) is 0.725. The van der Waals surface area contributed by atoms with Gasteiger partial charge >= 0.3 is 0 Å². The highest BCUT2D eigenvalue weighted by atomic mass is 32.2. The number of nitrogens with zero attached hydrogens (tertiary/aromatic N) is 3. The summed E-state index contributed by atoms with van der Waals surface area (Å²) in [6.07, 6.45) is 1.07. The summed E-state index contributed by atoms with van der Waals surface area (Å²) < 4.78 is 22.7. The summed E-state index contributed by atoms with van der Waals surface area (Å²) >= 11 is 3.03. The molecular formula is C10H7N3O2S3. The molecule has 3 rings (SSSR count). The zero-order valence-corrected chi connectivity index (χ0v) is 11.6. The summed E-state index contributed by atoms with van der Waals surface area (Å²) in [5.41, 5.74) is 0.621. The molecule has 0 saturated heterocycles. The van der Waals surface area contributed by atoms with E-state index < -0.39 is 9.84 Å². The van der Waals surface area contributed by atoms with Crippen molar-refractivity contribution in [2.24, 2.45) is 0 Å². The lowest BCUT2D eigenvalue weighted by atomic mass is 10.4. The summed E-state index contributed by atoms with van der Waals surface area (Å²) in [6, 6.07) is 5.84. The average Bonchev–Trinajstić information content (AvgIpc) is 2.95. The van der Waals surface area contributed by atoms with Gasteiger partial charge in [-0.15, -0.1) is 32.9 Å². The van der Waals surface area contributed by atoms with E-state index in [9.17, 15) is 8.42 Å². The van der Waals surface area contributed by atoms with Crippen LogP contribution in [-0.2, 0) is 9.84 Å². The molecule has 3 aromatic rings. The second-order valence-electron chi connectivity index (χ2n) is 3.64. The molecule has 0 amide bonds. The molecule has 5 nitrogen and oxygen atoms in total. The maximum atomic E-state index is 11.4. The van der Waals surface area contributed by atoms with Crippen molar-refractivity contribution in [1.82, 2.24) is 15.2 Å². The fraction of sp³-hybridized carbons (Fsp3) is 0.100. The van der Waals surface area contributed by atoms with Crippen molar-refractivity contribution in [3.8, 4) is 9.75 Å². The Hall–Kier alpha value is -1.38. The van der Waals surface area contributed by atoms with Gasteiger partial charge in [0.2, 0.25) is 9.84 Å². The minimum atomic E-state index is -3.41. The molecular weight excluding hydrogens is 290 g/mol. The van der Waals surface area contributed by atoms with Gasteiger partial charge in [-0.3, -0.25) is 0 Å². The van der Waals surface area contributed by atoms with Crippen molar-refractivity contribution in [2.75, 3.05) is 6.26 Å². The molecule has 0 spiro atoms. The van der Waals surface area contributed by atoms with E-state index >= 15 is 0 Å². The van der Waals surface area contributed by atoms with Gasteiger partial charge in [-0.05, 0) is 17.5 Å². The van der Waals surface area contributed by atoms with E-state index in [1.54, 1.807) is 11.3 Å². The number of sulfone groups is 1. The van der Waals surface area contributed by atoms with Crippen LogP contribution in [0.15, 0.2) is 28.7 Å². The zero-order chi connectivity index (χ0) is 12.8. The number of aromatic nitrogens is 3. The van der Waals surface area contributed by atoms with E-state index in [-0.39, 0.29) is 5.16 Å². The maximum absolute atomic E-state index is 11.4. The molecule has 0 aliphatic heterocycles. The molecule has 0 bridgehead atoms. The van der Waals surface area contributed by atoms with Crippen molar-refractivity contribution in [3.63, 3.8) is 0 Å². The minimum Gasteiger partial charge on any atom is -0.221 e. The first-order valence-electron chi connectivity index (χ1n) is 4.92. The highest BCUT2D eigenvalue weighted by Gasteiger charge is 2.15. The van der Waals surface area contributed by atoms with Crippen LogP contribution in [0.5, 0.6) is 0 Å². The van der Waals surface area contributed by atoms with Crippen LogP contribution in [0.1, 0.15) is 0 Å². The molecule has 0 aromatic carbocycles. The van der Waals surface area contributed by atoms with Crippen LogP contribution >= 0.6 is 22.7 Å². The van der Waals surface area contributed by atoms with Crippen LogP contribution in [0.25, 0.3) is 20.1 Å². The normalized spacial score (nSPS) is 12.1. The van der Waals surface area contributed by atoms with Crippen LogP contribution in [0.4, 0.5) is 0 Å². The van der Waals surface area contributed by atoms with Crippen LogP contribution in [0, 0.1) is 0 Å². The third-order valence-electron chi connectivity index (χ3n) is 2.23. The Labute approximate surface area is 111 Å². The first kappa shape index (κ1) is 11.7. The molecule has 0 saturated carbocycles. The predicted octanol–water partition coefficient (Wildman–Crippen LogP) is 2.22. The lowest BCUT2D eigenvalue weighted by molar-refractivity contribution is 0.591. The molecule has 3 aromatic heterocycles. The van der Waals surface area contributed by atoms with Gasteiger partial charge in [0.05, 0.1) is 0 Å². The summed E-state index contributed by atoms with van der Waals surface area (Å²) in [5.74, 6) is 0. The second-order valence-corrected chi connectivity index (χ2v) is 7.53. The van der Waals surface area contributed by atoms with E-state index in [0.29, 0.717) is 10.3 Å². The molecule has 0 atom stereocenters. The van der Waals surface area contributed by atoms with Crippen molar-refractivity contribution < 1.29 is 8.42 Å². The fourth-order valence-corrected chi connectivity index (χ4v) is 3.72. The Bertz CT molecular complexity index is 806. The Kier molecular flexibility index (Phi) is 2.65. The van der Waals surface area contributed by atoms with Crippen LogP contribution < -0.4 is 0 Å². The number of fused-ring (bicyclic) bond motifs is 1. The number of thiophene rings is 2. The van der Waals surface area contributed by atoms with Gasteiger partial charge in [0, 0.05) is 16.0 Å². The summed E-state index contributed by atoms with van der Waals surface area (Å²) in [6.45, 7) is 0. The van der Waals surface area contributed by atoms with Gasteiger partial charge in [0.15, 0.2) is 0 Å². The average molecular weight is 297 g/mol. The van der Waals surface area contributed by atoms with Gasteiger partial charge in [0.1, 0.15) is 10.3 Å². The predicted molar refractivity (Wildman–Crippen MR) is 71.6 cm³/mol. The largest absolute Gasteiger partial charge is 0.268 e.